The third kappa shape index (κ3) is 4.29. The predicted molar refractivity (Wildman–Crippen MR) is 75.4 cm³/mol. The van der Waals surface area contributed by atoms with E-state index in [0.717, 1.165) is 17.2 Å². The van der Waals surface area contributed by atoms with Gasteiger partial charge in [0, 0.05) is 6.04 Å². The second kappa shape index (κ2) is 5.69. The molecule has 1 aromatic heterocycles. The van der Waals surface area contributed by atoms with Gasteiger partial charge in [-0.05, 0) is 41.0 Å². The first-order valence-electron chi connectivity index (χ1n) is 6.20. The molecule has 1 unspecified atom stereocenters. The molecule has 0 bridgehead atoms. The molecule has 0 fully saturated rings. The molecule has 1 rings (SSSR count). The molecule has 0 saturated carbocycles. The lowest BCUT2D eigenvalue weighted by molar-refractivity contribution is 0.00742. The van der Waals surface area contributed by atoms with Crippen molar-refractivity contribution in [1.29, 1.82) is 0 Å². The maximum atomic E-state index is 12.0. The van der Waals surface area contributed by atoms with Gasteiger partial charge in [-0.25, -0.2) is 9.78 Å². The van der Waals surface area contributed by atoms with Crippen LogP contribution in [0.4, 0.5) is 5.13 Å². The number of rotatable bonds is 4. The number of aryl methyl sites for hydroxylation is 1. The van der Waals surface area contributed by atoms with E-state index in [4.69, 9.17) is 4.74 Å². The number of thiazole rings is 1. The highest BCUT2D eigenvalue weighted by Gasteiger charge is 2.22. The zero-order chi connectivity index (χ0) is 13.9. The number of aromatic nitrogens is 1. The SMILES string of the molecule is CCC(C)Nc1nc(C)c(C(=O)OC(C)(C)C)s1. The summed E-state index contributed by atoms with van der Waals surface area (Å²) >= 11 is 1.36. The fraction of sp³-hybridized carbons (Fsp3) is 0.692. The van der Waals surface area contributed by atoms with Crippen LogP contribution >= 0.6 is 11.3 Å². The Morgan fingerprint density at radius 1 is 1.50 bits per heavy atom. The molecule has 0 radical (unpaired) electrons. The van der Waals surface area contributed by atoms with Crippen molar-refractivity contribution in [3.05, 3.63) is 10.6 Å². The van der Waals surface area contributed by atoms with Gasteiger partial charge in [0.05, 0.1) is 5.69 Å². The van der Waals surface area contributed by atoms with Gasteiger partial charge in [-0.2, -0.15) is 0 Å². The highest BCUT2D eigenvalue weighted by atomic mass is 32.1. The molecule has 0 spiro atoms. The van der Waals surface area contributed by atoms with Crippen molar-refractivity contribution in [3.63, 3.8) is 0 Å². The van der Waals surface area contributed by atoms with Gasteiger partial charge >= 0.3 is 5.97 Å². The Balaban J connectivity index is 2.81. The molecule has 4 nitrogen and oxygen atoms in total. The lowest BCUT2D eigenvalue weighted by Gasteiger charge is -2.18. The molecule has 5 heteroatoms. The van der Waals surface area contributed by atoms with E-state index < -0.39 is 5.60 Å². The van der Waals surface area contributed by atoms with Crippen LogP contribution in [-0.4, -0.2) is 22.6 Å². The smallest absolute Gasteiger partial charge is 0.350 e. The van der Waals surface area contributed by atoms with Crippen LogP contribution in [0.15, 0.2) is 0 Å². The van der Waals surface area contributed by atoms with E-state index in [1.807, 2.05) is 27.7 Å². The molecule has 0 aliphatic rings. The van der Waals surface area contributed by atoms with Crippen molar-refractivity contribution in [2.24, 2.45) is 0 Å². The number of nitrogens with one attached hydrogen (secondary N) is 1. The highest BCUT2D eigenvalue weighted by Crippen LogP contribution is 2.25. The Hall–Kier alpha value is -1.10. The molecule has 1 atom stereocenters. The molecule has 1 heterocycles. The minimum absolute atomic E-state index is 0.297. The summed E-state index contributed by atoms with van der Waals surface area (Å²) in [7, 11) is 0. The Kier molecular flexibility index (Phi) is 4.73. The number of hydrogen-bond acceptors (Lipinski definition) is 5. The van der Waals surface area contributed by atoms with Crippen molar-refractivity contribution in [1.82, 2.24) is 4.98 Å². The van der Waals surface area contributed by atoms with Gasteiger partial charge < -0.3 is 10.1 Å². The summed E-state index contributed by atoms with van der Waals surface area (Å²) in [6.07, 6.45) is 1.01. The predicted octanol–water partition coefficient (Wildman–Crippen LogP) is 3.62. The van der Waals surface area contributed by atoms with Gasteiger partial charge in [-0.15, -0.1) is 0 Å². The Morgan fingerprint density at radius 2 is 2.11 bits per heavy atom. The fourth-order valence-corrected chi connectivity index (χ4v) is 2.24. The van der Waals surface area contributed by atoms with E-state index in [1.54, 1.807) is 0 Å². The van der Waals surface area contributed by atoms with E-state index in [2.05, 4.69) is 24.1 Å². The van der Waals surface area contributed by atoms with Gasteiger partial charge in [0.25, 0.3) is 0 Å². The van der Waals surface area contributed by atoms with Gasteiger partial charge in [-0.1, -0.05) is 18.3 Å². The van der Waals surface area contributed by atoms with Crippen LogP contribution in [0.1, 0.15) is 56.4 Å². The lowest BCUT2D eigenvalue weighted by Crippen LogP contribution is -2.23. The monoisotopic (exact) mass is 270 g/mol. The maximum absolute atomic E-state index is 12.0. The standard InChI is InChI=1S/C13H22N2O2S/c1-7-8(2)14-12-15-9(3)10(18-12)11(16)17-13(4,5)6/h8H,7H2,1-6H3,(H,14,15). The Morgan fingerprint density at radius 3 is 2.61 bits per heavy atom. The summed E-state index contributed by atoms with van der Waals surface area (Å²) in [6.45, 7) is 11.6. The molecule has 0 aliphatic heterocycles. The number of ether oxygens (including phenoxy) is 1. The van der Waals surface area contributed by atoms with Crippen molar-refractivity contribution in [2.45, 2.75) is 59.6 Å². The van der Waals surface area contributed by atoms with Crippen molar-refractivity contribution < 1.29 is 9.53 Å². The molecular weight excluding hydrogens is 248 g/mol. The van der Waals surface area contributed by atoms with Crippen LogP contribution in [0.25, 0.3) is 0 Å². The summed E-state index contributed by atoms with van der Waals surface area (Å²) in [6, 6.07) is 0.349. The molecule has 18 heavy (non-hydrogen) atoms. The number of carbonyl (C=O) groups excluding carboxylic acids is 1. The average molecular weight is 270 g/mol. The number of hydrogen-bond donors (Lipinski definition) is 1. The van der Waals surface area contributed by atoms with E-state index in [-0.39, 0.29) is 5.97 Å². The normalized spacial score (nSPS) is 13.2. The van der Waals surface area contributed by atoms with Gasteiger partial charge in [0.1, 0.15) is 10.5 Å². The second-order valence-corrected chi connectivity index (χ2v) is 6.39. The average Bonchev–Trinajstić information content (AvgIpc) is 2.56. The molecule has 0 amide bonds. The van der Waals surface area contributed by atoms with Crippen LogP contribution < -0.4 is 5.32 Å². The van der Waals surface area contributed by atoms with E-state index in [1.165, 1.54) is 11.3 Å². The van der Waals surface area contributed by atoms with Crippen molar-refractivity contribution in [2.75, 3.05) is 5.32 Å². The van der Waals surface area contributed by atoms with Crippen LogP contribution in [0.3, 0.4) is 0 Å². The van der Waals surface area contributed by atoms with Gasteiger partial charge in [0.2, 0.25) is 0 Å². The fourth-order valence-electron chi connectivity index (χ4n) is 1.28. The summed E-state index contributed by atoms with van der Waals surface area (Å²) < 4.78 is 5.35. The van der Waals surface area contributed by atoms with E-state index in [0.29, 0.717) is 10.9 Å². The van der Waals surface area contributed by atoms with Gasteiger partial charge in [-0.3, -0.25) is 0 Å². The minimum atomic E-state index is -0.474. The molecular formula is C13H22N2O2S. The number of esters is 1. The van der Waals surface area contributed by atoms with Crippen molar-refractivity contribution in [3.8, 4) is 0 Å². The maximum Gasteiger partial charge on any atom is 0.350 e. The van der Waals surface area contributed by atoms with E-state index >= 15 is 0 Å². The first kappa shape index (κ1) is 15.0. The topological polar surface area (TPSA) is 51.2 Å². The third-order valence-corrected chi connectivity index (χ3v) is 3.43. The summed E-state index contributed by atoms with van der Waals surface area (Å²) in [5, 5.41) is 4.05. The molecule has 1 N–H and O–H groups in total. The minimum Gasteiger partial charge on any atom is -0.456 e. The quantitative estimate of drug-likeness (QED) is 0.849. The summed E-state index contributed by atoms with van der Waals surface area (Å²) in [5.74, 6) is -0.297. The largest absolute Gasteiger partial charge is 0.456 e. The second-order valence-electron chi connectivity index (χ2n) is 5.39. The number of nitrogens with zero attached hydrogens (tertiary/aromatic N) is 1. The van der Waals surface area contributed by atoms with E-state index in [9.17, 15) is 4.79 Å². The molecule has 0 saturated heterocycles. The van der Waals surface area contributed by atoms with Crippen LogP contribution in [0.5, 0.6) is 0 Å². The molecule has 102 valence electrons. The Labute approximate surface area is 113 Å². The lowest BCUT2D eigenvalue weighted by atomic mass is 10.2. The first-order valence-corrected chi connectivity index (χ1v) is 7.02. The molecule has 1 aromatic rings. The zero-order valence-corrected chi connectivity index (χ0v) is 12.8. The van der Waals surface area contributed by atoms with Gasteiger partial charge in [0.15, 0.2) is 5.13 Å². The van der Waals surface area contributed by atoms with Crippen molar-refractivity contribution >= 4 is 22.4 Å². The van der Waals surface area contributed by atoms with Crippen LogP contribution in [0, 0.1) is 6.92 Å². The molecule has 0 aromatic carbocycles. The third-order valence-electron chi connectivity index (χ3n) is 2.36. The first-order chi connectivity index (χ1) is 8.23. The number of carbonyl (C=O) groups is 1. The molecule has 0 aliphatic carbocycles. The van der Waals surface area contributed by atoms with Crippen LogP contribution in [0.2, 0.25) is 0 Å². The highest BCUT2D eigenvalue weighted by molar-refractivity contribution is 7.17. The zero-order valence-electron chi connectivity index (χ0n) is 12.0. The number of anilines is 1. The Bertz CT molecular complexity index is 421. The summed E-state index contributed by atoms with van der Waals surface area (Å²) in [5.41, 5.74) is 0.248. The summed E-state index contributed by atoms with van der Waals surface area (Å²) in [4.78, 5) is 16.9. The van der Waals surface area contributed by atoms with Crippen LogP contribution in [-0.2, 0) is 4.74 Å².